The van der Waals surface area contributed by atoms with Crippen molar-refractivity contribution in [3.63, 3.8) is 0 Å². The highest BCUT2D eigenvalue weighted by Crippen LogP contribution is 2.45. The molecular weight excluding hydrogens is 711 g/mol. The minimum atomic E-state index is 0.633. The summed E-state index contributed by atoms with van der Waals surface area (Å²) in [5.41, 5.74) is 9.77. The fourth-order valence-corrected chi connectivity index (χ4v) is 9.18. The zero-order chi connectivity index (χ0) is 37.7. The molecule has 57 heavy (non-hydrogen) atoms. The number of benzene rings is 9. The number of aromatic nitrogens is 3. The topological polar surface area (TPSA) is 38.7 Å². The van der Waals surface area contributed by atoms with E-state index in [2.05, 4.69) is 194 Å². The van der Waals surface area contributed by atoms with Gasteiger partial charge in [-0.05, 0) is 91.8 Å². The summed E-state index contributed by atoms with van der Waals surface area (Å²) in [5, 5.41) is 7.14. The van der Waals surface area contributed by atoms with Crippen molar-refractivity contribution in [3.05, 3.63) is 200 Å². The van der Waals surface area contributed by atoms with Gasteiger partial charge < -0.3 is 0 Å². The van der Waals surface area contributed by atoms with Gasteiger partial charge in [-0.1, -0.05) is 158 Å². The Morgan fingerprint density at radius 1 is 0.298 bits per heavy atom. The molecule has 2 heterocycles. The van der Waals surface area contributed by atoms with Crippen LogP contribution < -0.4 is 0 Å². The van der Waals surface area contributed by atoms with Crippen molar-refractivity contribution in [1.82, 2.24) is 15.0 Å². The average molecular weight is 744 g/mol. The van der Waals surface area contributed by atoms with Crippen LogP contribution in [0.5, 0.6) is 0 Å². The standard InChI is InChI=1S/C53H33N3S/c1-3-12-34(13-4-1)38-18-11-19-43(32-38)51-54-52(44-27-22-36-16-7-8-17-37(36)33-44)56-53(55-51)46-28-29-48-50(45-20-9-10-21-47(45)57-48)49(46)42-26-25-40-30-39(23-24-41(40)31-42)35-14-5-2-6-15-35/h1-33H. The third-order valence-corrected chi connectivity index (χ3v) is 12.0. The number of rotatable bonds is 6. The Bertz CT molecular complexity index is 3300. The highest BCUT2D eigenvalue weighted by molar-refractivity contribution is 7.26. The molecule has 4 heteroatoms. The maximum absolute atomic E-state index is 5.34. The van der Waals surface area contributed by atoms with Crippen LogP contribution in [0.4, 0.5) is 0 Å². The Hall–Kier alpha value is -7.27. The Morgan fingerprint density at radius 3 is 1.58 bits per heavy atom. The lowest BCUT2D eigenvalue weighted by Crippen LogP contribution is -2.01. The molecule has 0 fully saturated rings. The Kier molecular flexibility index (Phi) is 8.01. The van der Waals surface area contributed by atoms with E-state index in [1.54, 1.807) is 0 Å². The summed E-state index contributed by atoms with van der Waals surface area (Å²) in [5.74, 6) is 1.91. The van der Waals surface area contributed by atoms with Crippen molar-refractivity contribution in [3.8, 4) is 67.5 Å². The molecule has 11 rings (SSSR count). The smallest absolute Gasteiger partial charge is 0.164 e. The van der Waals surface area contributed by atoms with Crippen molar-refractivity contribution in [2.45, 2.75) is 0 Å². The Balaban J connectivity index is 1.15. The molecule has 0 aliphatic rings. The summed E-state index contributed by atoms with van der Waals surface area (Å²) in [6, 6.07) is 71.2. The van der Waals surface area contributed by atoms with Gasteiger partial charge in [0.05, 0.1) is 0 Å². The zero-order valence-corrected chi connectivity index (χ0v) is 31.6. The molecule has 0 radical (unpaired) electrons. The molecule has 0 atom stereocenters. The van der Waals surface area contributed by atoms with Gasteiger partial charge in [-0.3, -0.25) is 0 Å². The van der Waals surface area contributed by atoms with Gasteiger partial charge in [0.2, 0.25) is 0 Å². The van der Waals surface area contributed by atoms with Crippen molar-refractivity contribution >= 4 is 53.1 Å². The van der Waals surface area contributed by atoms with Gasteiger partial charge in [-0.2, -0.15) is 0 Å². The number of nitrogens with zero attached hydrogens (tertiary/aromatic N) is 3. The summed E-state index contributed by atoms with van der Waals surface area (Å²) >= 11 is 1.83. The van der Waals surface area contributed by atoms with Crippen LogP contribution in [0.2, 0.25) is 0 Å². The summed E-state index contributed by atoms with van der Waals surface area (Å²) in [4.78, 5) is 15.9. The molecule has 0 aliphatic heterocycles. The number of hydrogen-bond donors (Lipinski definition) is 0. The lowest BCUT2D eigenvalue weighted by atomic mass is 9.91. The summed E-state index contributed by atoms with van der Waals surface area (Å²) in [7, 11) is 0. The van der Waals surface area contributed by atoms with Gasteiger partial charge in [0, 0.05) is 42.4 Å². The zero-order valence-electron chi connectivity index (χ0n) is 30.8. The molecule has 11 aromatic rings. The van der Waals surface area contributed by atoms with Crippen LogP contribution in [0.15, 0.2) is 200 Å². The normalized spacial score (nSPS) is 11.5. The maximum Gasteiger partial charge on any atom is 0.164 e. The fraction of sp³-hybridized carbons (Fsp3) is 0. The summed E-state index contributed by atoms with van der Waals surface area (Å²) in [6.07, 6.45) is 0. The molecule has 0 aliphatic carbocycles. The quantitative estimate of drug-likeness (QED) is 0.170. The molecule has 9 aromatic carbocycles. The highest BCUT2D eigenvalue weighted by Gasteiger charge is 2.21. The molecule has 0 amide bonds. The van der Waals surface area contributed by atoms with Crippen molar-refractivity contribution < 1.29 is 0 Å². The van der Waals surface area contributed by atoms with Crippen molar-refractivity contribution in [1.29, 1.82) is 0 Å². The maximum atomic E-state index is 5.34. The highest BCUT2D eigenvalue weighted by atomic mass is 32.1. The van der Waals surface area contributed by atoms with Crippen LogP contribution in [-0.2, 0) is 0 Å². The van der Waals surface area contributed by atoms with E-state index < -0.39 is 0 Å². The summed E-state index contributed by atoms with van der Waals surface area (Å²) in [6.45, 7) is 0. The second-order valence-electron chi connectivity index (χ2n) is 14.4. The first-order valence-electron chi connectivity index (χ1n) is 19.2. The predicted octanol–water partition coefficient (Wildman–Crippen LogP) is 14.5. The predicted molar refractivity (Wildman–Crippen MR) is 240 cm³/mol. The molecular formula is C53H33N3S. The monoisotopic (exact) mass is 743 g/mol. The molecule has 266 valence electrons. The first-order valence-corrected chi connectivity index (χ1v) is 20.0. The van der Waals surface area contributed by atoms with E-state index >= 15 is 0 Å². The van der Waals surface area contributed by atoms with Crippen molar-refractivity contribution in [2.75, 3.05) is 0 Å². The van der Waals surface area contributed by atoms with Crippen LogP contribution in [0, 0.1) is 0 Å². The van der Waals surface area contributed by atoms with Crippen LogP contribution in [0.3, 0.4) is 0 Å². The molecule has 0 bridgehead atoms. The lowest BCUT2D eigenvalue weighted by molar-refractivity contribution is 1.08. The van der Waals surface area contributed by atoms with E-state index in [-0.39, 0.29) is 0 Å². The van der Waals surface area contributed by atoms with Crippen LogP contribution in [0.25, 0.3) is 109 Å². The number of thiophene rings is 1. The second kappa shape index (κ2) is 13.8. The van der Waals surface area contributed by atoms with E-state index in [9.17, 15) is 0 Å². The largest absolute Gasteiger partial charge is 0.208 e. The SMILES string of the molecule is c1ccc(-c2cccc(-c3nc(-c4ccc5ccccc5c4)nc(-c4ccc5sc6ccccc6c5c4-c4ccc5cc(-c6ccccc6)ccc5c4)n3)c2)cc1. The third-order valence-electron chi connectivity index (χ3n) is 10.9. The minimum Gasteiger partial charge on any atom is -0.208 e. The molecule has 0 N–H and O–H groups in total. The van der Waals surface area contributed by atoms with Crippen LogP contribution >= 0.6 is 11.3 Å². The van der Waals surface area contributed by atoms with Gasteiger partial charge >= 0.3 is 0 Å². The molecule has 0 unspecified atom stereocenters. The van der Waals surface area contributed by atoms with Crippen LogP contribution in [0.1, 0.15) is 0 Å². The third kappa shape index (κ3) is 6.04. The van der Waals surface area contributed by atoms with Gasteiger partial charge in [-0.15, -0.1) is 11.3 Å². The lowest BCUT2D eigenvalue weighted by Gasteiger charge is -2.15. The van der Waals surface area contributed by atoms with E-state index in [0.29, 0.717) is 17.5 Å². The summed E-state index contributed by atoms with van der Waals surface area (Å²) < 4.78 is 2.49. The van der Waals surface area contributed by atoms with E-state index in [1.807, 2.05) is 17.4 Å². The molecule has 2 aromatic heterocycles. The molecule has 3 nitrogen and oxygen atoms in total. The van der Waals surface area contributed by atoms with E-state index in [1.165, 1.54) is 47.5 Å². The van der Waals surface area contributed by atoms with Gasteiger partial charge in [0.1, 0.15) is 0 Å². The van der Waals surface area contributed by atoms with Gasteiger partial charge in [0.25, 0.3) is 0 Å². The Morgan fingerprint density at radius 2 is 0.807 bits per heavy atom. The average Bonchev–Trinajstić information content (AvgIpc) is 3.67. The molecule has 0 saturated heterocycles. The first-order chi connectivity index (χ1) is 28.2. The second-order valence-corrected chi connectivity index (χ2v) is 15.5. The molecule has 0 spiro atoms. The number of hydrogen-bond acceptors (Lipinski definition) is 4. The van der Waals surface area contributed by atoms with Crippen LogP contribution in [-0.4, -0.2) is 15.0 Å². The number of fused-ring (bicyclic) bond motifs is 5. The van der Waals surface area contributed by atoms with Gasteiger partial charge in [0.15, 0.2) is 17.5 Å². The van der Waals surface area contributed by atoms with E-state index in [4.69, 9.17) is 15.0 Å². The van der Waals surface area contributed by atoms with Gasteiger partial charge in [-0.25, -0.2) is 15.0 Å². The van der Waals surface area contributed by atoms with Crippen molar-refractivity contribution in [2.24, 2.45) is 0 Å². The fourth-order valence-electron chi connectivity index (χ4n) is 8.07. The molecule has 0 saturated carbocycles. The Labute approximate surface area is 334 Å². The first kappa shape index (κ1) is 33.1. The van der Waals surface area contributed by atoms with E-state index in [0.717, 1.165) is 44.3 Å². The minimum absolute atomic E-state index is 0.633.